The molecule has 0 saturated heterocycles. The van der Waals surface area contributed by atoms with E-state index in [1.165, 1.54) is 17.2 Å². The number of non-ortho nitro benzene ring substituents is 1. The second-order valence-corrected chi connectivity index (χ2v) is 5.38. The highest BCUT2D eigenvalue weighted by Crippen LogP contribution is 2.30. The Morgan fingerprint density at radius 2 is 2.05 bits per heavy atom. The Hall–Kier alpha value is -2.05. The molecule has 0 aliphatic heterocycles. The Balaban J connectivity index is 2.19. The van der Waals surface area contributed by atoms with Crippen molar-refractivity contribution < 1.29 is 4.92 Å². The molecule has 2 rings (SSSR count). The summed E-state index contributed by atoms with van der Waals surface area (Å²) in [6, 6.07) is 12.9. The number of nitrogen functional groups attached to an aromatic ring is 1. The number of nitro groups is 1. The van der Waals surface area contributed by atoms with Gasteiger partial charge in [-0.3, -0.25) is 16.0 Å². The molecule has 0 aliphatic rings. The van der Waals surface area contributed by atoms with Crippen LogP contribution in [0.1, 0.15) is 11.1 Å². The first-order chi connectivity index (χ1) is 9.60. The zero-order chi connectivity index (χ0) is 14.5. The van der Waals surface area contributed by atoms with Crippen LogP contribution in [0, 0.1) is 17.0 Å². The van der Waals surface area contributed by atoms with Gasteiger partial charge < -0.3 is 5.43 Å². The average molecular weight is 289 g/mol. The van der Waals surface area contributed by atoms with E-state index in [0.717, 1.165) is 10.6 Å². The lowest BCUT2D eigenvalue weighted by molar-refractivity contribution is -0.385. The highest BCUT2D eigenvalue weighted by Gasteiger charge is 2.10. The van der Waals surface area contributed by atoms with Gasteiger partial charge in [0, 0.05) is 22.8 Å². The van der Waals surface area contributed by atoms with E-state index in [-0.39, 0.29) is 5.69 Å². The van der Waals surface area contributed by atoms with Crippen molar-refractivity contribution >= 4 is 23.1 Å². The van der Waals surface area contributed by atoms with E-state index in [0.29, 0.717) is 5.69 Å². The van der Waals surface area contributed by atoms with Crippen molar-refractivity contribution in [3.8, 4) is 0 Å². The van der Waals surface area contributed by atoms with Crippen LogP contribution in [0.5, 0.6) is 0 Å². The summed E-state index contributed by atoms with van der Waals surface area (Å²) < 4.78 is 0. The fraction of sp³-hybridized carbons (Fsp3) is 0.143. The molecule has 5 nitrogen and oxygen atoms in total. The van der Waals surface area contributed by atoms with Gasteiger partial charge in [0.1, 0.15) is 0 Å². The highest BCUT2D eigenvalue weighted by molar-refractivity contribution is 7.98. The molecule has 3 N–H and O–H groups in total. The zero-order valence-corrected chi connectivity index (χ0v) is 11.8. The molecule has 0 heterocycles. The standard InChI is InChI=1S/C14H15N3O2S/c1-10-4-2-3-5-11(10)9-20-14-7-12(16-15)6-13(8-14)17(18)19/h2-8,16H,9,15H2,1H3. The molecule has 0 aromatic heterocycles. The lowest BCUT2D eigenvalue weighted by Gasteiger charge is -2.07. The minimum absolute atomic E-state index is 0.0349. The van der Waals surface area contributed by atoms with E-state index in [1.807, 2.05) is 12.1 Å². The van der Waals surface area contributed by atoms with E-state index in [9.17, 15) is 10.1 Å². The van der Waals surface area contributed by atoms with Crippen molar-refractivity contribution in [2.24, 2.45) is 5.84 Å². The quantitative estimate of drug-likeness (QED) is 0.381. The molecule has 0 unspecified atom stereocenters. The Morgan fingerprint density at radius 1 is 1.30 bits per heavy atom. The highest BCUT2D eigenvalue weighted by atomic mass is 32.2. The van der Waals surface area contributed by atoms with Crippen LogP contribution < -0.4 is 11.3 Å². The topological polar surface area (TPSA) is 81.2 Å². The van der Waals surface area contributed by atoms with Crippen molar-refractivity contribution in [3.63, 3.8) is 0 Å². The summed E-state index contributed by atoms with van der Waals surface area (Å²) in [7, 11) is 0. The van der Waals surface area contributed by atoms with Gasteiger partial charge in [0.25, 0.3) is 5.69 Å². The number of thioether (sulfide) groups is 1. The lowest BCUT2D eigenvalue weighted by atomic mass is 10.1. The summed E-state index contributed by atoms with van der Waals surface area (Å²) in [6.45, 7) is 2.05. The van der Waals surface area contributed by atoms with Crippen LogP contribution in [-0.4, -0.2) is 4.92 Å². The molecule has 20 heavy (non-hydrogen) atoms. The SMILES string of the molecule is Cc1ccccc1CSc1cc(NN)cc([N+](=O)[O-])c1. The van der Waals surface area contributed by atoms with Crippen LogP contribution in [-0.2, 0) is 5.75 Å². The number of hydrogen-bond donors (Lipinski definition) is 2. The molecule has 104 valence electrons. The Morgan fingerprint density at radius 3 is 2.70 bits per heavy atom. The summed E-state index contributed by atoms with van der Waals surface area (Å²) in [5.41, 5.74) is 5.45. The molecule has 0 spiro atoms. The van der Waals surface area contributed by atoms with Gasteiger partial charge in [-0.15, -0.1) is 11.8 Å². The molecule has 0 bridgehead atoms. The third kappa shape index (κ3) is 3.49. The minimum Gasteiger partial charge on any atom is -0.324 e. The molecular weight excluding hydrogens is 274 g/mol. The van der Waals surface area contributed by atoms with Gasteiger partial charge >= 0.3 is 0 Å². The lowest BCUT2D eigenvalue weighted by Crippen LogP contribution is -2.07. The van der Waals surface area contributed by atoms with Crippen LogP contribution in [0.3, 0.4) is 0 Å². The second kappa shape index (κ2) is 6.40. The summed E-state index contributed by atoms with van der Waals surface area (Å²) in [5, 5.41) is 10.9. The molecule has 2 aromatic carbocycles. The van der Waals surface area contributed by atoms with E-state index >= 15 is 0 Å². The second-order valence-electron chi connectivity index (χ2n) is 4.33. The molecule has 0 saturated carbocycles. The predicted octanol–water partition coefficient (Wildman–Crippen LogP) is 3.48. The molecule has 6 heteroatoms. The summed E-state index contributed by atoms with van der Waals surface area (Å²) in [5.74, 6) is 6.10. The number of aryl methyl sites for hydroxylation is 1. The number of nitrogens with zero attached hydrogens (tertiary/aromatic N) is 1. The van der Waals surface area contributed by atoms with E-state index < -0.39 is 4.92 Å². The van der Waals surface area contributed by atoms with Gasteiger partial charge in [-0.2, -0.15) is 0 Å². The van der Waals surface area contributed by atoms with Gasteiger partial charge in [0.05, 0.1) is 10.6 Å². The summed E-state index contributed by atoms with van der Waals surface area (Å²) >= 11 is 1.55. The maximum atomic E-state index is 10.9. The van der Waals surface area contributed by atoms with Crippen LogP contribution >= 0.6 is 11.8 Å². The monoisotopic (exact) mass is 289 g/mol. The van der Waals surface area contributed by atoms with Crippen LogP contribution in [0.15, 0.2) is 47.4 Å². The molecule has 0 amide bonds. The normalized spacial score (nSPS) is 10.3. The number of nitrogens with two attached hydrogens (primary N) is 1. The van der Waals surface area contributed by atoms with E-state index in [4.69, 9.17) is 5.84 Å². The maximum Gasteiger partial charge on any atom is 0.272 e. The third-order valence-corrected chi connectivity index (χ3v) is 3.95. The number of anilines is 1. The summed E-state index contributed by atoms with van der Waals surface area (Å²) in [4.78, 5) is 11.3. The van der Waals surface area contributed by atoms with Gasteiger partial charge in [0.15, 0.2) is 0 Å². The molecular formula is C14H15N3O2S. The molecule has 0 atom stereocenters. The van der Waals surface area contributed by atoms with Gasteiger partial charge in [0.2, 0.25) is 0 Å². The van der Waals surface area contributed by atoms with Crippen molar-refractivity contribution in [2.45, 2.75) is 17.6 Å². The first-order valence-corrected chi connectivity index (χ1v) is 7.02. The number of hydrazine groups is 1. The van der Waals surface area contributed by atoms with Gasteiger partial charge in [-0.25, -0.2) is 0 Å². The summed E-state index contributed by atoms with van der Waals surface area (Å²) in [6.07, 6.45) is 0. The van der Waals surface area contributed by atoms with Crippen LogP contribution in [0.2, 0.25) is 0 Å². The Bertz CT molecular complexity index is 632. The van der Waals surface area contributed by atoms with Crippen LogP contribution in [0.4, 0.5) is 11.4 Å². The number of nitrogens with one attached hydrogen (secondary N) is 1. The number of hydrogen-bond acceptors (Lipinski definition) is 5. The largest absolute Gasteiger partial charge is 0.324 e. The van der Waals surface area contributed by atoms with E-state index in [1.54, 1.807) is 23.9 Å². The van der Waals surface area contributed by atoms with Gasteiger partial charge in [-0.1, -0.05) is 24.3 Å². The van der Waals surface area contributed by atoms with Crippen molar-refractivity contribution in [2.75, 3.05) is 5.43 Å². The number of rotatable bonds is 5. The van der Waals surface area contributed by atoms with Crippen molar-refractivity contribution in [3.05, 3.63) is 63.7 Å². The van der Waals surface area contributed by atoms with Gasteiger partial charge in [-0.05, 0) is 24.1 Å². The minimum atomic E-state index is -0.418. The van der Waals surface area contributed by atoms with Crippen molar-refractivity contribution in [1.82, 2.24) is 0 Å². The maximum absolute atomic E-state index is 10.9. The van der Waals surface area contributed by atoms with Crippen molar-refractivity contribution in [1.29, 1.82) is 0 Å². The average Bonchev–Trinajstić information content (AvgIpc) is 2.46. The molecule has 0 radical (unpaired) electrons. The molecule has 0 aliphatic carbocycles. The Labute approximate surface area is 121 Å². The molecule has 2 aromatic rings. The number of nitro benzene ring substituents is 1. The van der Waals surface area contributed by atoms with Crippen LogP contribution in [0.25, 0.3) is 0 Å². The zero-order valence-electron chi connectivity index (χ0n) is 11.0. The first kappa shape index (κ1) is 14.4. The smallest absolute Gasteiger partial charge is 0.272 e. The molecule has 0 fully saturated rings. The van der Waals surface area contributed by atoms with E-state index in [2.05, 4.69) is 24.5 Å². The fourth-order valence-electron chi connectivity index (χ4n) is 1.79. The first-order valence-electron chi connectivity index (χ1n) is 6.03. The Kier molecular flexibility index (Phi) is 4.60. The number of benzene rings is 2. The predicted molar refractivity (Wildman–Crippen MR) is 81.6 cm³/mol. The third-order valence-electron chi connectivity index (χ3n) is 2.92. The fourth-order valence-corrected chi connectivity index (χ4v) is 2.85.